The fraction of sp³-hybridized carbons (Fsp3) is 0. The number of rotatable bonds is 5. The minimum Gasteiger partial charge on any atom is -0.321 e. The standard InChI is InChI=1S/C30H19FN8O/c31-23-14-18(19-12-20(16-32-15-19)35-30(40)17-6-2-1-3-7-17)13-22-25(23)38-39-27(22)29-36-26-21(9-11-34-28(26)37-29)24-8-4-5-10-33-24/h1-16H,(H,35,40)(H,38,39)(H,34,36,37). The van der Waals surface area contributed by atoms with Crippen LogP contribution in [-0.2, 0) is 0 Å². The second-order valence-corrected chi connectivity index (χ2v) is 9.09. The van der Waals surface area contributed by atoms with Crippen molar-refractivity contribution in [3.8, 4) is 33.9 Å². The number of fused-ring (bicyclic) bond motifs is 2. The zero-order chi connectivity index (χ0) is 27.1. The number of anilines is 1. The molecular weight excluding hydrogens is 507 g/mol. The first-order valence-corrected chi connectivity index (χ1v) is 12.4. The first kappa shape index (κ1) is 23.4. The van der Waals surface area contributed by atoms with Gasteiger partial charge in [0, 0.05) is 40.7 Å². The number of amides is 1. The Bertz CT molecular complexity index is 2020. The zero-order valence-electron chi connectivity index (χ0n) is 20.8. The van der Waals surface area contributed by atoms with Crippen LogP contribution in [-0.4, -0.2) is 41.0 Å². The summed E-state index contributed by atoms with van der Waals surface area (Å²) in [6.07, 6.45) is 6.56. The van der Waals surface area contributed by atoms with Crippen molar-refractivity contribution >= 4 is 33.7 Å². The van der Waals surface area contributed by atoms with Crippen LogP contribution < -0.4 is 5.32 Å². The Balaban J connectivity index is 1.28. The van der Waals surface area contributed by atoms with Crippen LogP contribution in [0.3, 0.4) is 0 Å². The number of nitrogens with zero attached hydrogens (tertiary/aromatic N) is 5. The highest BCUT2D eigenvalue weighted by molar-refractivity contribution is 6.04. The summed E-state index contributed by atoms with van der Waals surface area (Å²) in [4.78, 5) is 33.7. The maximum atomic E-state index is 15.3. The Morgan fingerprint density at radius 2 is 1.75 bits per heavy atom. The molecule has 0 aliphatic heterocycles. The highest BCUT2D eigenvalue weighted by atomic mass is 19.1. The van der Waals surface area contributed by atoms with Crippen molar-refractivity contribution in [2.75, 3.05) is 5.32 Å². The number of H-pyrrole nitrogens is 2. The molecule has 40 heavy (non-hydrogen) atoms. The van der Waals surface area contributed by atoms with E-state index in [4.69, 9.17) is 4.98 Å². The number of carbonyl (C=O) groups is 1. The number of aromatic amines is 2. The van der Waals surface area contributed by atoms with Crippen molar-refractivity contribution < 1.29 is 9.18 Å². The number of nitrogens with one attached hydrogen (secondary N) is 3. The predicted octanol–water partition coefficient (Wildman–Crippen LogP) is 6.02. The van der Waals surface area contributed by atoms with E-state index in [-0.39, 0.29) is 11.4 Å². The van der Waals surface area contributed by atoms with E-state index in [0.29, 0.717) is 50.4 Å². The monoisotopic (exact) mass is 526 g/mol. The second kappa shape index (κ2) is 9.52. The molecule has 0 aliphatic carbocycles. The molecule has 0 bridgehead atoms. The minimum atomic E-state index is -0.478. The topological polar surface area (TPSA) is 125 Å². The summed E-state index contributed by atoms with van der Waals surface area (Å²) in [5.74, 6) is -0.300. The SMILES string of the molecule is O=C(Nc1cncc(-c2cc(F)c3[nH]nc(-c4nc5c(-c6ccccn6)ccnc5[nH]4)c3c2)c1)c1ccccc1. The molecule has 0 saturated carbocycles. The highest BCUT2D eigenvalue weighted by Gasteiger charge is 2.19. The molecule has 0 spiro atoms. The van der Waals surface area contributed by atoms with Crippen LogP contribution in [0.1, 0.15) is 10.4 Å². The van der Waals surface area contributed by atoms with E-state index in [9.17, 15) is 4.79 Å². The summed E-state index contributed by atoms with van der Waals surface area (Å²) >= 11 is 0. The molecule has 0 unspecified atom stereocenters. The number of imidazole rings is 1. The van der Waals surface area contributed by atoms with Gasteiger partial charge in [-0.1, -0.05) is 24.3 Å². The molecule has 0 atom stereocenters. The second-order valence-electron chi connectivity index (χ2n) is 9.09. The van der Waals surface area contributed by atoms with Crippen LogP contribution in [0.5, 0.6) is 0 Å². The maximum absolute atomic E-state index is 15.3. The molecule has 9 nitrogen and oxygen atoms in total. The summed E-state index contributed by atoms with van der Waals surface area (Å²) in [5.41, 5.74) is 5.69. The molecule has 0 fully saturated rings. The fourth-order valence-electron chi connectivity index (χ4n) is 4.64. The minimum absolute atomic E-state index is 0.249. The average molecular weight is 527 g/mol. The molecule has 1 amide bonds. The van der Waals surface area contributed by atoms with Gasteiger partial charge < -0.3 is 10.3 Å². The lowest BCUT2D eigenvalue weighted by Gasteiger charge is -2.08. The third-order valence-corrected chi connectivity index (χ3v) is 6.54. The number of hydrogen-bond acceptors (Lipinski definition) is 6. The van der Waals surface area contributed by atoms with Gasteiger partial charge in [-0.25, -0.2) is 14.4 Å². The van der Waals surface area contributed by atoms with Crippen molar-refractivity contribution in [1.29, 1.82) is 0 Å². The van der Waals surface area contributed by atoms with Crippen molar-refractivity contribution in [1.82, 2.24) is 35.1 Å². The molecular formula is C30H19FN8O. The van der Waals surface area contributed by atoms with E-state index in [1.165, 1.54) is 6.07 Å². The van der Waals surface area contributed by atoms with Crippen LogP contribution in [0.4, 0.5) is 10.1 Å². The molecule has 5 aromatic heterocycles. The maximum Gasteiger partial charge on any atom is 0.255 e. The Morgan fingerprint density at radius 1 is 0.875 bits per heavy atom. The van der Waals surface area contributed by atoms with Crippen molar-refractivity contribution in [3.05, 3.63) is 109 Å². The quantitative estimate of drug-likeness (QED) is 0.252. The lowest BCUT2D eigenvalue weighted by Crippen LogP contribution is -2.11. The number of hydrogen-bond donors (Lipinski definition) is 3. The normalized spacial score (nSPS) is 11.2. The van der Waals surface area contributed by atoms with Gasteiger partial charge in [-0.05, 0) is 54.1 Å². The van der Waals surface area contributed by atoms with Crippen LogP contribution in [0.15, 0.2) is 97.6 Å². The summed E-state index contributed by atoms with van der Waals surface area (Å²) in [6, 6.07) is 21.4. The summed E-state index contributed by atoms with van der Waals surface area (Å²) in [6.45, 7) is 0. The first-order valence-electron chi connectivity index (χ1n) is 12.4. The van der Waals surface area contributed by atoms with Gasteiger partial charge >= 0.3 is 0 Å². The number of benzene rings is 2. The highest BCUT2D eigenvalue weighted by Crippen LogP contribution is 2.33. The third-order valence-electron chi connectivity index (χ3n) is 6.54. The first-order chi connectivity index (χ1) is 19.6. The van der Waals surface area contributed by atoms with Gasteiger partial charge in [0.25, 0.3) is 5.91 Å². The molecule has 192 valence electrons. The van der Waals surface area contributed by atoms with Crippen molar-refractivity contribution in [3.63, 3.8) is 0 Å². The van der Waals surface area contributed by atoms with Gasteiger partial charge in [-0.15, -0.1) is 0 Å². The number of pyridine rings is 3. The van der Waals surface area contributed by atoms with E-state index in [0.717, 1.165) is 11.3 Å². The van der Waals surface area contributed by atoms with Crippen LogP contribution in [0, 0.1) is 5.82 Å². The van der Waals surface area contributed by atoms with Gasteiger partial charge in [0.15, 0.2) is 11.5 Å². The van der Waals surface area contributed by atoms with Gasteiger partial charge in [0.2, 0.25) is 0 Å². The molecule has 7 rings (SSSR count). The van der Waals surface area contributed by atoms with E-state index in [1.807, 2.05) is 36.4 Å². The van der Waals surface area contributed by atoms with Crippen LogP contribution in [0.25, 0.3) is 56.0 Å². The number of halogens is 1. The van der Waals surface area contributed by atoms with Crippen molar-refractivity contribution in [2.45, 2.75) is 0 Å². The van der Waals surface area contributed by atoms with Gasteiger partial charge in [-0.3, -0.25) is 19.9 Å². The van der Waals surface area contributed by atoms with Crippen molar-refractivity contribution in [2.24, 2.45) is 0 Å². The van der Waals surface area contributed by atoms with E-state index in [1.54, 1.807) is 55.1 Å². The number of carbonyl (C=O) groups excluding carboxylic acids is 1. The summed E-state index contributed by atoms with van der Waals surface area (Å²) < 4.78 is 15.3. The summed E-state index contributed by atoms with van der Waals surface area (Å²) in [7, 11) is 0. The number of aromatic nitrogens is 7. The molecule has 10 heteroatoms. The Hall–Kier alpha value is -5.77. The molecule has 0 radical (unpaired) electrons. The molecule has 2 aromatic carbocycles. The molecule has 3 N–H and O–H groups in total. The van der Waals surface area contributed by atoms with E-state index in [2.05, 4.69) is 35.5 Å². The van der Waals surface area contributed by atoms with Gasteiger partial charge in [-0.2, -0.15) is 5.10 Å². The van der Waals surface area contributed by atoms with Gasteiger partial charge in [0.05, 0.1) is 17.6 Å². The smallest absolute Gasteiger partial charge is 0.255 e. The largest absolute Gasteiger partial charge is 0.321 e. The Kier molecular flexibility index (Phi) is 5.56. The molecule has 0 aliphatic rings. The Morgan fingerprint density at radius 3 is 2.60 bits per heavy atom. The third kappa shape index (κ3) is 4.13. The zero-order valence-corrected chi connectivity index (χ0v) is 20.8. The molecule has 7 aromatic rings. The molecule has 0 saturated heterocycles. The lowest BCUT2D eigenvalue weighted by atomic mass is 10.0. The fourth-order valence-corrected chi connectivity index (χ4v) is 4.64. The molecule has 5 heterocycles. The van der Waals surface area contributed by atoms with Gasteiger partial charge in [0.1, 0.15) is 22.5 Å². The van der Waals surface area contributed by atoms with E-state index >= 15 is 4.39 Å². The summed E-state index contributed by atoms with van der Waals surface area (Å²) in [5, 5.41) is 10.5. The predicted molar refractivity (Wildman–Crippen MR) is 150 cm³/mol. The van der Waals surface area contributed by atoms with Crippen LogP contribution >= 0.6 is 0 Å². The van der Waals surface area contributed by atoms with Crippen LogP contribution in [0.2, 0.25) is 0 Å². The average Bonchev–Trinajstić information content (AvgIpc) is 3.63. The Labute approximate surface area is 226 Å². The lowest BCUT2D eigenvalue weighted by molar-refractivity contribution is 0.102. The van der Waals surface area contributed by atoms with E-state index < -0.39 is 5.82 Å².